The van der Waals surface area contributed by atoms with E-state index in [4.69, 9.17) is 17.0 Å². The maximum atomic E-state index is 4.93. The molecule has 0 N–H and O–H groups in total. The first-order valence-electron chi connectivity index (χ1n) is 6.49. The zero-order valence-corrected chi connectivity index (χ0v) is 15.6. The van der Waals surface area contributed by atoms with Crippen LogP contribution in [0, 0.1) is 13.8 Å². The molecule has 102 valence electrons. The van der Waals surface area contributed by atoms with Crippen molar-refractivity contribution in [1.29, 1.82) is 0 Å². The Morgan fingerprint density at radius 3 is 2.30 bits per heavy atom. The van der Waals surface area contributed by atoms with Gasteiger partial charge < -0.3 is 0 Å². The number of hydrogen-bond donors (Lipinski definition) is 0. The fourth-order valence-electron chi connectivity index (χ4n) is 2.80. The van der Waals surface area contributed by atoms with Crippen molar-refractivity contribution in [3.63, 3.8) is 0 Å². The van der Waals surface area contributed by atoms with Gasteiger partial charge in [0.2, 0.25) is 0 Å². The summed E-state index contributed by atoms with van der Waals surface area (Å²) in [5, 5.41) is 0. The molecule has 0 atom stereocenters. The molecular formula is C17H16Cl2Zr. The Hall–Kier alpha value is -0.357. The van der Waals surface area contributed by atoms with Crippen LogP contribution in [-0.4, -0.2) is 0 Å². The van der Waals surface area contributed by atoms with Gasteiger partial charge in [0, 0.05) is 0 Å². The Labute approximate surface area is 139 Å². The molecule has 0 saturated carbocycles. The van der Waals surface area contributed by atoms with Gasteiger partial charge in [0.1, 0.15) is 0 Å². The third-order valence-corrected chi connectivity index (χ3v) is 3.44. The van der Waals surface area contributed by atoms with Crippen LogP contribution in [0.2, 0.25) is 0 Å². The summed E-state index contributed by atoms with van der Waals surface area (Å²) in [5.41, 5.74) is 8.41. The van der Waals surface area contributed by atoms with Crippen LogP contribution in [0.25, 0.3) is 5.57 Å². The molecular weight excluding hydrogens is 366 g/mol. The number of rotatable bonds is 1. The van der Waals surface area contributed by atoms with Gasteiger partial charge in [-0.3, -0.25) is 0 Å². The summed E-state index contributed by atoms with van der Waals surface area (Å²) in [7, 11) is 9.87. The fraction of sp³-hybridized carbons (Fsp3) is 0.176. The Morgan fingerprint density at radius 2 is 1.65 bits per heavy atom. The fourth-order valence-corrected chi connectivity index (χ4v) is 2.80. The zero-order valence-electron chi connectivity index (χ0n) is 11.6. The number of allylic oxidation sites excluding steroid dienone is 1. The second kappa shape index (κ2) is 7.59. The first kappa shape index (κ1) is 16.0. The van der Waals surface area contributed by atoms with E-state index >= 15 is 0 Å². The van der Waals surface area contributed by atoms with E-state index in [9.17, 15) is 0 Å². The molecule has 0 aromatic heterocycles. The number of fused-ring (bicyclic) bond motifs is 1. The van der Waals surface area contributed by atoms with Crippen molar-refractivity contribution in [3.05, 3.63) is 76.4 Å². The Bertz CT molecular complexity index is 618. The molecule has 20 heavy (non-hydrogen) atoms. The van der Waals surface area contributed by atoms with E-state index in [0.717, 1.165) is 6.42 Å². The van der Waals surface area contributed by atoms with Crippen molar-refractivity contribution in [3.8, 4) is 0 Å². The van der Waals surface area contributed by atoms with Crippen LogP contribution in [0.1, 0.15) is 27.8 Å². The Balaban J connectivity index is 0.000000452. The van der Waals surface area contributed by atoms with Gasteiger partial charge in [-0.1, -0.05) is 54.1 Å². The van der Waals surface area contributed by atoms with Gasteiger partial charge in [-0.2, -0.15) is 0 Å². The van der Waals surface area contributed by atoms with Gasteiger partial charge in [0.05, 0.1) is 0 Å². The van der Waals surface area contributed by atoms with E-state index in [0.29, 0.717) is 0 Å². The Kier molecular flexibility index (Phi) is 6.08. The molecule has 3 heteroatoms. The van der Waals surface area contributed by atoms with Crippen molar-refractivity contribution in [2.75, 3.05) is 0 Å². The first-order chi connectivity index (χ1) is 9.67. The van der Waals surface area contributed by atoms with Crippen molar-refractivity contribution in [2.24, 2.45) is 0 Å². The topological polar surface area (TPSA) is 0 Å². The molecule has 0 amide bonds. The molecule has 0 spiro atoms. The summed E-state index contributed by atoms with van der Waals surface area (Å²) in [6.45, 7) is 4.39. The van der Waals surface area contributed by atoms with Crippen LogP contribution in [0.15, 0.2) is 48.5 Å². The van der Waals surface area contributed by atoms with E-state index in [-0.39, 0.29) is 0 Å². The summed E-state index contributed by atoms with van der Waals surface area (Å²) >= 11 is -0.826. The summed E-state index contributed by atoms with van der Waals surface area (Å²) < 4.78 is 0. The SMILES string of the molecule is Cc1cc(C)c2c(c1)CC=C2c1ccccc1.[Cl][Zr][Cl]. The van der Waals surface area contributed by atoms with Gasteiger partial charge in [-0.15, -0.1) is 0 Å². The number of halogens is 2. The molecule has 1 aliphatic carbocycles. The van der Waals surface area contributed by atoms with Crippen LogP contribution in [-0.2, 0) is 27.3 Å². The second-order valence-corrected chi connectivity index (χ2v) is 8.61. The van der Waals surface area contributed by atoms with Crippen LogP contribution in [0.4, 0.5) is 0 Å². The van der Waals surface area contributed by atoms with Gasteiger partial charge in [0.25, 0.3) is 0 Å². The van der Waals surface area contributed by atoms with Crippen molar-refractivity contribution in [2.45, 2.75) is 20.3 Å². The minimum atomic E-state index is -0.826. The van der Waals surface area contributed by atoms with Gasteiger partial charge >= 0.3 is 37.9 Å². The third kappa shape index (κ3) is 3.64. The number of hydrogen-bond acceptors (Lipinski definition) is 0. The quantitative estimate of drug-likeness (QED) is 0.596. The molecule has 0 saturated heterocycles. The standard InChI is InChI=1S/C17H16.2ClH.Zr/c1-12-10-13(2)17-15(11-12)8-9-16(17)14-6-4-3-5-7-14;;;/h3-7,9-11H,8H2,1-2H3;2*1H;/q;;;+2/p-2. The van der Waals surface area contributed by atoms with Crippen LogP contribution in [0.3, 0.4) is 0 Å². The van der Waals surface area contributed by atoms with E-state index in [1.807, 2.05) is 0 Å². The summed E-state index contributed by atoms with van der Waals surface area (Å²) in [6.07, 6.45) is 3.43. The predicted octanol–water partition coefficient (Wildman–Crippen LogP) is 5.67. The minimum absolute atomic E-state index is 0.826. The zero-order chi connectivity index (χ0) is 14.5. The van der Waals surface area contributed by atoms with E-state index in [1.165, 1.54) is 33.4 Å². The van der Waals surface area contributed by atoms with Gasteiger partial charge in [-0.05, 0) is 48.1 Å². The molecule has 0 aliphatic heterocycles. The predicted molar refractivity (Wildman–Crippen MR) is 84.8 cm³/mol. The molecule has 0 nitrogen and oxygen atoms in total. The second-order valence-electron chi connectivity index (χ2n) is 4.88. The summed E-state index contributed by atoms with van der Waals surface area (Å²) in [4.78, 5) is 0. The molecule has 0 bridgehead atoms. The molecule has 0 unspecified atom stereocenters. The molecule has 1 aliphatic rings. The molecule has 0 heterocycles. The van der Waals surface area contributed by atoms with Crippen LogP contribution >= 0.6 is 17.0 Å². The van der Waals surface area contributed by atoms with E-state index < -0.39 is 20.8 Å². The molecule has 0 radical (unpaired) electrons. The van der Waals surface area contributed by atoms with Crippen molar-refractivity contribution in [1.82, 2.24) is 0 Å². The van der Waals surface area contributed by atoms with Crippen molar-refractivity contribution >= 4 is 22.6 Å². The molecule has 0 fully saturated rings. The third-order valence-electron chi connectivity index (χ3n) is 3.44. The average molecular weight is 382 g/mol. The van der Waals surface area contributed by atoms with E-state index in [2.05, 4.69) is 62.4 Å². The monoisotopic (exact) mass is 380 g/mol. The summed E-state index contributed by atoms with van der Waals surface area (Å²) in [6, 6.07) is 15.3. The number of aryl methyl sites for hydroxylation is 2. The molecule has 2 aromatic rings. The van der Waals surface area contributed by atoms with Gasteiger partial charge in [0.15, 0.2) is 0 Å². The summed E-state index contributed by atoms with van der Waals surface area (Å²) in [5.74, 6) is 0. The average Bonchev–Trinajstić information content (AvgIpc) is 2.84. The van der Waals surface area contributed by atoms with E-state index in [1.54, 1.807) is 0 Å². The van der Waals surface area contributed by atoms with Gasteiger partial charge in [-0.25, -0.2) is 0 Å². The first-order valence-corrected chi connectivity index (χ1v) is 12.8. The van der Waals surface area contributed by atoms with Crippen LogP contribution in [0.5, 0.6) is 0 Å². The van der Waals surface area contributed by atoms with Crippen LogP contribution < -0.4 is 0 Å². The molecule has 2 aromatic carbocycles. The van der Waals surface area contributed by atoms with Crippen molar-refractivity contribution < 1.29 is 20.8 Å². The normalized spacial score (nSPS) is 12.1. The Morgan fingerprint density at radius 1 is 1.00 bits per heavy atom. The number of benzene rings is 2. The maximum absolute atomic E-state index is 4.93. The molecule has 3 rings (SSSR count).